The van der Waals surface area contributed by atoms with Gasteiger partial charge in [-0.2, -0.15) is 6.61 Å². The number of hydrogen-bond acceptors (Lipinski definition) is 4. The van der Waals surface area contributed by atoms with Gasteiger partial charge in [0.1, 0.15) is 0 Å². The van der Waals surface area contributed by atoms with Crippen LogP contribution in [-0.2, 0) is 31.4 Å². The van der Waals surface area contributed by atoms with E-state index in [0.29, 0.717) is 6.61 Å². The largest absolute Gasteiger partial charge is 2.00 e. The molecule has 0 heterocycles. The molecule has 0 aromatic heterocycles. The standard InChI is InChI=1S/C4H5O4.Cu/c1-3(5)8-2-4(6)7;/h2H,1H3,(H,6,7);/q-1;+2/p-1. The van der Waals surface area contributed by atoms with Crippen molar-refractivity contribution in [2.75, 3.05) is 0 Å². The van der Waals surface area contributed by atoms with Gasteiger partial charge in [0.2, 0.25) is 0 Å². The molecule has 0 aliphatic heterocycles. The summed E-state index contributed by atoms with van der Waals surface area (Å²) in [6, 6.07) is 0. The van der Waals surface area contributed by atoms with Crippen LogP contribution in [0.2, 0.25) is 0 Å². The van der Waals surface area contributed by atoms with Crippen LogP contribution in [0.5, 0.6) is 0 Å². The van der Waals surface area contributed by atoms with Crippen LogP contribution in [0, 0.1) is 6.61 Å². The Bertz CT molecular complexity index is 97.1. The topological polar surface area (TPSA) is 66.4 Å². The molecule has 0 aliphatic carbocycles. The molecule has 4 nitrogen and oxygen atoms in total. The number of rotatable bonds is 2. The Labute approximate surface area is 62.7 Å². The van der Waals surface area contributed by atoms with Crippen molar-refractivity contribution in [2.45, 2.75) is 6.92 Å². The van der Waals surface area contributed by atoms with Crippen molar-refractivity contribution in [1.82, 2.24) is 0 Å². The van der Waals surface area contributed by atoms with Gasteiger partial charge < -0.3 is 14.6 Å². The van der Waals surface area contributed by atoms with E-state index in [4.69, 9.17) is 0 Å². The Kier molecular flexibility index (Phi) is 6.78. The molecule has 9 heavy (non-hydrogen) atoms. The molecule has 0 amide bonds. The maximum atomic E-state index is 9.80. The molecule has 55 valence electrons. The molecular weight excluding hydrogens is 176 g/mol. The van der Waals surface area contributed by atoms with Gasteiger partial charge in [-0.3, -0.25) is 4.79 Å². The van der Waals surface area contributed by atoms with Gasteiger partial charge in [0.15, 0.2) is 0 Å². The Balaban J connectivity index is 0. The first-order chi connectivity index (χ1) is 3.63. The van der Waals surface area contributed by atoms with Crippen LogP contribution in [-0.4, -0.2) is 11.9 Å². The molecule has 0 fully saturated rings. The van der Waals surface area contributed by atoms with Crippen LogP contribution in [0.15, 0.2) is 0 Å². The quantitative estimate of drug-likeness (QED) is 0.293. The summed E-state index contributed by atoms with van der Waals surface area (Å²) < 4.78 is 3.88. The molecule has 0 aromatic carbocycles. The van der Waals surface area contributed by atoms with E-state index >= 15 is 0 Å². The summed E-state index contributed by atoms with van der Waals surface area (Å²) in [4.78, 5) is 19.3. The molecule has 0 saturated carbocycles. The van der Waals surface area contributed by atoms with E-state index in [1.165, 1.54) is 0 Å². The second-order valence-electron chi connectivity index (χ2n) is 1.05. The molecule has 0 rings (SSSR count). The summed E-state index contributed by atoms with van der Waals surface area (Å²) in [5.41, 5.74) is 0. The zero-order valence-corrected chi connectivity index (χ0v) is 5.45. The number of hydrogen-bond donors (Lipinski definition) is 0. The van der Waals surface area contributed by atoms with Gasteiger partial charge in [0, 0.05) is 6.92 Å². The fraction of sp³-hybridized carbons (Fsp3) is 0.250. The van der Waals surface area contributed by atoms with Crippen LogP contribution >= 0.6 is 0 Å². The number of carboxylic acids is 1. The van der Waals surface area contributed by atoms with Crippen LogP contribution in [0.4, 0.5) is 0 Å². The first-order valence-electron chi connectivity index (χ1n) is 1.84. The van der Waals surface area contributed by atoms with Gasteiger partial charge in [-0.1, -0.05) is 5.97 Å². The van der Waals surface area contributed by atoms with Crippen LogP contribution in [0.3, 0.4) is 0 Å². The Morgan fingerprint density at radius 1 is 1.56 bits per heavy atom. The van der Waals surface area contributed by atoms with Gasteiger partial charge >= 0.3 is 17.1 Å². The SMILES string of the molecule is CC(=O)O[CH-]C(=O)[O-].[Cu+2]. The van der Waals surface area contributed by atoms with Crippen LogP contribution < -0.4 is 5.11 Å². The fourth-order valence-electron chi connectivity index (χ4n) is 0.131. The van der Waals surface area contributed by atoms with E-state index in [1.807, 2.05) is 0 Å². The van der Waals surface area contributed by atoms with Crippen molar-refractivity contribution in [2.24, 2.45) is 0 Å². The van der Waals surface area contributed by atoms with Gasteiger partial charge in [0.25, 0.3) is 5.97 Å². The predicted octanol–water partition coefficient (Wildman–Crippen LogP) is -1.54. The van der Waals surface area contributed by atoms with E-state index in [-0.39, 0.29) is 17.1 Å². The van der Waals surface area contributed by atoms with Crippen molar-refractivity contribution in [3.05, 3.63) is 6.61 Å². The molecular formula is C4H4CuO4. The minimum absolute atomic E-state index is 0. The molecule has 0 bridgehead atoms. The van der Waals surface area contributed by atoms with Crippen LogP contribution in [0.1, 0.15) is 6.92 Å². The van der Waals surface area contributed by atoms with Crippen molar-refractivity contribution in [3.63, 3.8) is 0 Å². The van der Waals surface area contributed by atoms with Crippen molar-refractivity contribution in [3.8, 4) is 0 Å². The minimum atomic E-state index is -1.51. The van der Waals surface area contributed by atoms with Crippen LogP contribution in [0.25, 0.3) is 0 Å². The summed E-state index contributed by atoms with van der Waals surface area (Å²) in [7, 11) is 0. The third-order valence-corrected chi connectivity index (χ3v) is 0.321. The van der Waals surface area contributed by atoms with E-state index in [2.05, 4.69) is 4.74 Å². The molecule has 0 aromatic rings. The maximum Gasteiger partial charge on any atom is 2.00 e. The Morgan fingerprint density at radius 3 is 2.11 bits per heavy atom. The number of ether oxygens (including phenoxy) is 1. The van der Waals surface area contributed by atoms with E-state index in [1.54, 1.807) is 0 Å². The Morgan fingerprint density at radius 2 is 2.00 bits per heavy atom. The summed E-state index contributed by atoms with van der Waals surface area (Å²) in [5, 5.41) is 9.46. The normalized spacial score (nSPS) is 6.78. The van der Waals surface area contributed by atoms with Gasteiger partial charge in [-0.15, -0.1) is 0 Å². The second kappa shape index (κ2) is 5.47. The van der Waals surface area contributed by atoms with Crippen molar-refractivity contribution in [1.29, 1.82) is 0 Å². The third-order valence-electron chi connectivity index (χ3n) is 0.321. The molecule has 1 radical (unpaired) electrons. The number of carboxylic acid groups (broad SMARTS) is 1. The van der Waals surface area contributed by atoms with E-state index in [0.717, 1.165) is 6.92 Å². The summed E-state index contributed by atoms with van der Waals surface area (Å²) in [5.74, 6) is -2.19. The molecule has 0 N–H and O–H groups in total. The summed E-state index contributed by atoms with van der Waals surface area (Å²) in [6.45, 7) is 1.42. The molecule has 0 atom stereocenters. The summed E-state index contributed by atoms with van der Waals surface area (Å²) >= 11 is 0. The zero-order valence-electron chi connectivity index (χ0n) is 4.51. The first-order valence-corrected chi connectivity index (χ1v) is 1.84. The molecule has 0 spiro atoms. The predicted molar refractivity (Wildman–Crippen MR) is 21.1 cm³/mol. The maximum absolute atomic E-state index is 9.80. The Hall–Kier alpha value is -0.671. The first kappa shape index (κ1) is 11.2. The molecule has 0 aliphatic rings. The van der Waals surface area contributed by atoms with E-state index < -0.39 is 11.9 Å². The molecule has 0 unspecified atom stereocenters. The zero-order chi connectivity index (χ0) is 6.57. The number of esters is 1. The number of aliphatic carboxylic acids is 1. The minimum Gasteiger partial charge on any atom is -0.612 e. The van der Waals surface area contributed by atoms with Gasteiger partial charge in [-0.05, 0) is 0 Å². The monoisotopic (exact) mass is 179 g/mol. The fourth-order valence-corrected chi connectivity index (χ4v) is 0.131. The number of carbonyl (C=O) groups is 2. The van der Waals surface area contributed by atoms with E-state index in [9.17, 15) is 14.7 Å². The summed E-state index contributed by atoms with van der Waals surface area (Å²) in [6.07, 6.45) is 0. The van der Waals surface area contributed by atoms with Crippen molar-refractivity contribution >= 4 is 11.9 Å². The second-order valence-corrected chi connectivity index (χ2v) is 1.05. The smallest absolute Gasteiger partial charge is 0.612 e. The van der Waals surface area contributed by atoms with Gasteiger partial charge in [0.05, 0.1) is 0 Å². The van der Waals surface area contributed by atoms with Crippen molar-refractivity contribution < 1.29 is 36.5 Å². The average Bonchev–Trinajstić information content (AvgIpc) is 1.61. The average molecular weight is 180 g/mol. The molecule has 0 saturated heterocycles. The third kappa shape index (κ3) is 11.1. The van der Waals surface area contributed by atoms with Gasteiger partial charge in [-0.25, -0.2) is 0 Å². The molecule has 5 heteroatoms. The number of carbonyl (C=O) groups excluding carboxylic acids is 2.